The summed E-state index contributed by atoms with van der Waals surface area (Å²) in [6.07, 6.45) is 3.13. The highest BCUT2D eigenvalue weighted by atomic mass is 35.5. The van der Waals surface area contributed by atoms with E-state index in [2.05, 4.69) is 4.99 Å². The Morgan fingerprint density at radius 1 is 1.09 bits per heavy atom. The number of hydrogen-bond acceptors (Lipinski definition) is 6. The molecule has 182 valence electrons. The summed E-state index contributed by atoms with van der Waals surface area (Å²) in [7, 11) is 0. The minimum absolute atomic E-state index is 0.0750. The third-order valence-corrected chi connectivity index (χ3v) is 5.59. The van der Waals surface area contributed by atoms with Gasteiger partial charge in [0.25, 0.3) is 5.91 Å². The number of halogens is 1. The van der Waals surface area contributed by atoms with Gasteiger partial charge >= 0.3 is 0 Å². The molecule has 9 heteroatoms. The molecule has 0 saturated heterocycles. The van der Waals surface area contributed by atoms with E-state index >= 15 is 0 Å². The fraction of sp³-hybridized carbons (Fsp3) is 0.269. The predicted molar refractivity (Wildman–Crippen MR) is 134 cm³/mol. The predicted octanol–water partition coefficient (Wildman–Crippen LogP) is 5.26. The SMILES string of the molecule is CCOc1cc(/C=C2\C(=N)N3OC(C)=CC3=NC2=O)cc(Cl)c1OCCOc1c(C)cccc1C. The van der Waals surface area contributed by atoms with Gasteiger partial charge in [-0.1, -0.05) is 29.8 Å². The lowest BCUT2D eigenvalue weighted by molar-refractivity contribution is -0.114. The number of carbonyl (C=O) groups is 1. The summed E-state index contributed by atoms with van der Waals surface area (Å²) >= 11 is 6.53. The second-order valence-corrected chi connectivity index (χ2v) is 8.41. The number of allylic oxidation sites excluding steroid dienone is 1. The lowest BCUT2D eigenvalue weighted by atomic mass is 10.1. The van der Waals surface area contributed by atoms with Crippen LogP contribution in [0.4, 0.5) is 0 Å². The van der Waals surface area contributed by atoms with Crippen LogP contribution < -0.4 is 14.2 Å². The molecular weight excluding hydrogens is 470 g/mol. The number of para-hydroxylation sites is 1. The molecule has 1 amide bonds. The summed E-state index contributed by atoms with van der Waals surface area (Å²) in [6, 6.07) is 9.33. The van der Waals surface area contributed by atoms with Crippen LogP contribution in [0, 0.1) is 19.3 Å². The molecule has 2 aromatic rings. The normalized spacial score (nSPS) is 16.0. The van der Waals surface area contributed by atoms with Gasteiger partial charge in [0.2, 0.25) is 0 Å². The number of fused-ring (bicyclic) bond motifs is 1. The zero-order valence-corrected chi connectivity index (χ0v) is 20.7. The van der Waals surface area contributed by atoms with Gasteiger partial charge in [-0.05, 0) is 62.6 Å². The number of amidine groups is 2. The molecule has 0 radical (unpaired) electrons. The fourth-order valence-electron chi connectivity index (χ4n) is 3.76. The second kappa shape index (κ2) is 10.2. The van der Waals surface area contributed by atoms with E-state index in [1.165, 1.54) is 11.1 Å². The van der Waals surface area contributed by atoms with Crippen LogP contribution in [0.3, 0.4) is 0 Å². The van der Waals surface area contributed by atoms with Crippen LogP contribution in [0.15, 0.2) is 52.7 Å². The summed E-state index contributed by atoms with van der Waals surface area (Å²) in [5, 5.41) is 9.90. The summed E-state index contributed by atoms with van der Waals surface area (Å²) in [4.78, 5) is 22.0. The number of aryl methyl sites for hydroxylation is 2. The van der Waals surface area contributed by atoms with Crippen LogP contribution in [-0.4, -0.2) is 42.5 Å². The Morgan fingerprint density at radius 3 is 2.46 bits per heavy atom. The van der Waals surface area contributed by atoms with Crippen molar-refractivity contribution >= 4 is 35.3 Å². The third-order valence-electron chi connectivity index (χ3n) is 5.31. The first-order valence-corrected chi connectivity index (χ1v) is 11.5. The largest absolute Gasteiger partial charge is 0.490 e. The van der Waals surface area contributed by atoms with Crippen molar-refractivity contribution < 1.29 is 23.8 Å². The van der Waals surface area contributed by atoms with Crippen LogP contribution in [0.1, 0.15) is 30.5 Å². The quantitative estimate of drug-likeness (QED) is 0.396. The summed E-state index contributed by atoms with van der Waals surface area (Å²) < 4.78 is 17.6. The molecule has 0 aliphatic carbocycles. The number of carbonyl (C=O) groups excluding carboxylic acids is 1. The lowest BCUT2D eigenvalue weighted by Crippen LogP contribution is -2.38. The Kier molecular flexibility index (Phi) is 7.12. The monoisotopic (exact) mass is 495 g/mol. The number of nitrogens with one attached hydrogen (secondary N) is 1. The van der Waals surface area contributed by atoms with Gasteiger partial charge < -0.3 is 19.0 Å². The lowest BCUT2D eigenvalue weighted by Gasteiger charge is -2.23. The number of ether oxygens (including phenoxy) is 3. The van der Waals surface area contributed by atoms with Crippen molar-refractivity contribution in [3.05, 3.63) is 69.5 Å². The standard InChI is InChI=1S/C26H26ClN3O5/c1-5-32-21-14-18(12-19-25(28)30-22(29-26(19)31)11-17(4)35-30)13-20(27)24(21)34-10-9-33-23-15(2)7-6-8-16(23)3/h6-8,11-14,28H,5,9-10H2,1-4H3/b19-12+,28-25?. The first kappa shape index (κ1) is 24.3. The molecule has 0 fully saturated rings. The highest BCUT2D eigenvalue weighted by Crippen LogP contribution is 2.38. The van der Waals surface area contributed by atoms with E-state index in [4.69, 9.17) is 36.1 Å². The highest BCUT2D eigenvalue weighted by molar-refractivity contribution is 6.33. The molecule has 0 bridgehead atoms. The smallest absolute Gasteiger partial charge is 0.282 e. The minimum Gasteiger partial charge on any atom is -0.490 e. The highest BCUT2D eigenvalue weighted by Gasteiger charge is 2.34. The molecule has 35 heavy (non-hydrogen) atoms. The first-order valence-electron chi connectivity index (χ1n) is 11.2. The molecule has 0 saturated carbocycles. The number of aliphatic imine (C=N–C) groups is 1. The van der Waals surface area contributed by atoms with Crippen molar-refractivity contribution in [1.82, 2.24) is 5.06 Å². The Bertz CT molecular complexity index is 1260. The van der Waals surface area contributed by atoms with Gasteiger partial charge in [0.15, 0.2) is 23.2 Å². The molecule has 1 N–H and O–H groups in total. The van der Waals surface area contributed by atoms with Crippen molar-refractivity contribution in [3.8, 4) is 17.2 Å². The fourth-order valence-corrected chi connectivity index (χ4v) is 4.03. The van der Waals surface area contributed by atoms with E-state index in [0.717, 1.165) is 16.9 Å². The van der Waals surface area contributed by atoms with Gasteiger partial charge in [-0.2, -0.15) is 4.99 Å². The van der Waals surface area contributed by atoms with E-state index in [0.29, 0.717) is 41.1 Å². The maximum Gasteiger partial charge on any atom is 0.282 e. The van der Waals surface area contributed by atoms with Crippen molar-refractivity contribution in [3.63, 3.8) is 0 Å². The first-order chi connectivity index (χ1) is 16.8. The summed E-state index contributed by atoms with van der Waals surface area (Å²) in [6.45, 7) is 8.54. The zero-order valence-electron chi connectivity index (χ0n) is 20.0. The van der Waals surface area contributed by atoms with E-state index in [-0.39, 0.29) is 23.9 Å². The molecular formula is C26H26ClN3O5. The molecule has 2 heterocycles. The number of amides is 1. The van der Waals surface area contributed by atoms with E-state index in [1.807, 2.05) is 39.0 Å². The van der Waals surface area contributed by atoms with Gasteiger partial charge in [-0.25, -0.2) is 0 Å². The van der Waals surface area contributed by atoms with Gasteiger partial charge in [0.1, 0.15) is 24.7 Å². The average Bonchev–Trinajstić information content (AvgIpc) is 3.17. The molecule has 4 rings (SSSR count). The number of nitrogens with zero attached hydrogens (tertiary/aromatic N) is 2. The third kappa shape index (κ3) is 5.17. The Hall–Kier alpha value is -3.78. The minimum atomic E-state index is -0.533. The van der Waals surface area contributed by atoms with Crippen LogP contribution in [0.5, 0.6) is 17.2 Å². The Morgan fingerprint density at radius 2 is 1.77 bits per heavy atom. The molecule has 8 nitrogen and oxygen atoms in total. The zero-order chi connectivity index (χ0) is 25.1. The van der Waals surface area contributed by atoms with Crippen molar-refractivity contribution in [2.24, 2.45) is 4.99 Å². The average molecular weight is 496 g/mol. The number of hydrogen-bond donors (Lipinski definition) is 1. The second-order valence-electron chi connectivity index (χ2n) is 8.00. The molecule has 2 aliphatic rings. The van der Waals surface area contributed by atoms with Crippen LogP contribution >= 0.6 is 11.6 Å². The van der Waals surface area contributed by atoms with Gasteiger partial charge in [-0.3, -0.25) is 10.2 Å². The van der Waals surface area contributed by atoms with Crippen LogP contribution in [0.25, 0.3) is 6.08 Å². The van der Waals surface area contributed by atoms with Crippen molar-refractivity contribution in [1.29, 1.82) is 5.41 Å². The number of benzene rings is 2. The number of rotatable bonds is 8. The van der Waals surface area contributed by atoms with Gasteiger partial charge in [0, 0.05) is 6.08 Å². The summed E-state index contributed by atoms with van der Waals surface area (Å²) in [5.74, 6) is 1.84. The van der Waals surface area contributed by atoms with E-state index < -0.39 is 5.91 Å². The van der Waals surface area contributed by atoms with Crippen molar-refractivity contribution in [2.75, 3.05) is 19.8 Å². The van der Waals surface area contributed by atoms with Gasteiger partial charge in [-0.15, -0.1) is 5.06 Å². The maximum atomic E-state index is 12.5. The van der Waals surface area contributed by atoms with Crippen LogP contribution in [-0.2, 0) is 9.63 Å². The van der Waals surface area contributed by atoms with Crippen LogP contribution in [0.2, 0.25) is 5.02 Å². The number of hydroxylamine groups is 2. The van der Waals surface area contributed by atoms with E-state index in [9.17, 15) is 4.79 Å². The maximum absolute atomic E-state index is 12.5. The van der Waals surface area contributed by atoms with E-state index in [1.54, 1.807) is 25.1 Å². The Balaban J connectivity index is 1.51. The molecule has 0 aromatic heterocycles. The molecule has 2 aliphatic heterocycles. The van der Waals surface area contributed by atoms with Crippen molar-refractivity contribution in [2.45, 2.75) is 27.7 Å². The molecule has 2 aromatic carbocycles. The topological polar surface area (TPSA) is 93.4 Å². The molecule has 0 spiro atoms. The van der Waals surface area contributed by atoms with Gasteiger partial charge in [0.05, 0.1) is 17.2 Å². The molecule has 0 unspecified atom stereocenters. The molecule has 0 atom stereocenters. The summed E-state index contributed by atoms with van der Waals surface area (Å²) in [5.41, 5.74) is 2.75. The Labute approximate surface area is 208 Å².